The molecule has 0 bridgehead atoms. The summed E-state index contributed by atoms with van der Waals surface area (Å²) in [7, 11) is 1.31. The van der Waals surface area contributed by atoms with Crippen molar-refractivity contribution in [3.05, 3.63) is 113 Å². The molecule has 5 aromatic rings. The van der Waals surface area contributed by atoms with Crippen LogP contribution in [0.15, 0.2) is 96.3 Å². The topological polar surface area (TPSA) is 137 Å². The summed E-state index contributed by atoms with van der Waals surface area (Å²) in [4.78, 5) is 25.0. The summed E-state index contributed by atoms with van der Waals surface area (Å²) in [5.74, 6) is 0.473. The summed E-state index contributed by atoms with van der Waals surface area (Å²) >= 11 is 7.82. The van der Waals surface area contributed by atoms with E-state index in [1.807, 2.05) is 55.5 Å². The average Bonchev–Trinajstić information content (AvgIpc) is 3.60. The van der Waals surface area contributed by atoms with Crippen LogP contribution in [-0.4, -0.2) is 55.3 Å². The minimum Gasteiger partial charge on any atom is -0.453 e. The van der Waals surface area contributed by atoms with Crippen molar-refractivity contribution in [3.63, 3.8) is 0 Å². The van der Waals surface area contributed by atoms with Gasteiger partial charge in [0.05, 0.1) is 24.5 Å². The highest BCUT2D eigenvalue weighted by Gasteiger charge is 2.20. The lowest BCUT2D eigenvalue weighted by Gasteiger charge is -2.19. The fraction of sp³-hybridized carbons (Fsp3) is 0.156. The quantitative estimate of drug-likeness (QED) is 0.128. The van der Waals surface area contributed by atoms with Crippen LogP contribution in [-0.2, 0) is 16.0 Å². The van der Waals surface area contributed by atoms with Gasteiger partial charge in [-0.05, 0) is 76.2 Å². The second-order valence-electron chi connectivity index (χ2n) is 9.66. The van der Waals surface area contributed by atoms with Crippen LogP contribution in [0.4, 0.5) is 10.5 Å². The summed E-state index contributed by atoms with van der Waals surface area (Å²) in [6.07, 6.45) is 4.52. The number of rotatable bonds is 11. The van der Waals surface area contributed by atoms with E-state index in [2.05, 4.69) is 41.1 Å². The van der Waals surface area contributed by atoms with E-state index in [1.54, 1.807) is 48.2 Å². The van der Waals surface area contributed by atoms with Gasteiger partial charge in [-0.2, -0.15) is 9.78 Å². The number of ether oxygens (including phenoxy) is 1. The third-order valence-electron chi connectivity index (χ3n) is 6.64. The number of aromatic nitrogens is 6. The molecule has 0 spiro atoms. The highest BCUT2D eigenvalue weighted by molar-refractivity contribution is 7.99. The number of thioether (sulfide) groups is 1. The molecule has 2 aromatic heterocycles. The zero-order valence-electron chi connectivity index (χ0n) is 24.4. The van der Waals surface area contributed by atoms with E-state index in [1.165, 1.54) is 24.2 Å². The Bertz CT molecular complexity index is 1780. The second-order valence-corrected chi connectivity index (χ2v) is 11.3. The van der Waals surface area contributed by atoms with Gasteiger partial charge in [-0.3, -0.25) is 10.1 Å². The lowest BCUT2D eigenvalue weighted by molar-refractivity contribution is -0.117. The van der Waals surface area contributed by atoms with Crippen molar-refractivity contribution in [2.75, 3.05) is 18.2 Å². The lowest BCUT2D eigenvalue weighted by atomic mass is 10.00. The lowest BCUT2D eigenvalue weighted by Crippen LogP contribution is -2.29. The maximum atomic E-state index is 13.4. The Morgan fingerprint density at radius 3 is 2.56 bits per heavy atom. The molecule has 0 saturated heterocycles. The zero-order valence-corrected chi connectivity index (χ0v) is 26.0. The summed E-state index contributed by atoms with van der Waals surface area (Å²) in [5, 5.41) is 27.5. The van der Waals surface area contributed by atoms with Gasteiger partial charge in [-0.15, -0.1) is 22.0 Å². The maximum Gasteiger partial charge on any atom is 0.411 e. The van der Waals surface area contributed by atoms with Crippen LogP contribution < -0.4 is 10.6 Å². The molecule has 0 aliphatic rings. The fourth-order valence-electron chi connectivity index (χ4n) is 4.52. The molecule has 45 heavy (non-hydrogen) atoms. The van der Waals surface area contributed by atoms with Crippen LogP contribution in [0, 0.1) is 0 Å². The third-order valence-corrected chi connectivity index (χ3v) is 7.74. The first-order chi connectivity index (χ1) is 21.9. The van der Waals surface area contributed by atoms with Crippen LogP contribution >= 0.6 is 23.4 Å². The van der Waals surface area contributed by atoms with E-state index in [9.17, 15) is 9.59 Å². The van der Waals surface area contributed by atoms with E-state index in [-0.39, 0.29) is 5.91 Å². The maximum absolute atomic E-state index is 13.4. The molecule has 5 rings (SSSR count). The first-order valence-corrected chi connectivity index (χ1v) is 15.3. The van der Waals surface area contributed by atoms with Crippen LogP contribution in [0.1, 0.15) is 29.8 Å². The van der Waals surface area contributed by atoms with E-state index in [0.717, 1.165) is 27.5 Å². The van der Waals surface area contributed by atoms with Gasteiger partial charge in [0, 0.05) is 27.9 Å². The SMILES string of the molecule is CCSc1nnc([C@H](Cc2ccccc2)NC(=O)/C=C/c2cc(Cl)ccc2-n2cnnn2)cc1-c1ccc(NC(=O)OC)cc1. The third kappa shape index (κ3) is 8.31. The van der Waals surface area contributed by atoms with Gasteiger partial charge in [-0.1, -0.05) is 61.0 Å². The van der Waals surface area contributed by atoms with Crippen molar-refractivity contribution < 1.29 is 14.3 Å². The van der Waals surface area contributed by atoms with Crippen molar-refractivity contribution in [3.8, 4) is 16.8 Å². The summed E-state index contributed by atoms with van der Waals surface area (Å²) in [6.45, 7) is 2.04. The molecule has 2 heterocycles. The Kier molecular flexibility index (Phi) is 10.5. The Morgan fingerprint density at radius 2 is 1.84 bits per heavy atom. The van der Waals surface area contributed by atoms with Gasteiger partial charge < -0.3 is 10.1 Å². The molecule has 13 heteroatoms. The van der Waals surface area contributed by atoms with Gasteiger partial charge in [-0.25, -0.2) is 4.79 Å². The number of hydrogen-bond donors (Lipinski definition) is 2. The fourth-order valence-corrected chi connectivity index (χ4v) is 5.41. The molecule has 228 valence electrons. The van der Waals surface area contributed by atoms with Crippen molar-refractivity contribution >= 4 is 47.1 Å². The van der Waals surface area contributed by atoms with Crippen LogP contribution in [0.5, 0.6) is 0 Å². The van der Waals surface area contributed by atoms with Crippen LogP contribution in [0.25, 0.3) is 22.9 Å². The number of anilines is 1. The normalized spacial score (nSPS) is 11.7. The van der Waals surface area contributed by atoms with E-state index in [0.29, 0.717) is 34.1 Å². The molecule has 0 aliphatic heterocycles. The number of carbonyl (C=O) groups is 2. The molecule has 0 unspecified atom stereocenters. The van der Waals surface area contributed by atoms with Crippen molar-refractivity contribution in [1.29, 1.82) is 0 Å². The highest BCUT2D eigenvalue weighted by atomic mass is 35.5. The monoisotopic (exact) mass is 640 g/mol. The molecule has 0 fully saturated rings. The van der Waals surface area contributed by atoms with Crippen molar-refractivity contribution in [2.24, 2.45) is 0 Å². The largest absolute Gasteiger partial charge is 0.453 e. The molecular weight excluding hydrogens is 612 g/mol. The van der Waals surface area contributed by atoms with E-state index in [4.69, 9.17) is 11.6 Å². The number of hydrogen-bond acceptors (Lipinski definition) is 9. The van der Waals surface area contributed by atoms with Gasteiger partial charge >= 0.3 is 6.09 Å². The molecule has 0 aliphatic carbocycles. The highest BCUT2D eigenvalue weighted by Crippen LogP contribution is 2.32. The van der Waals surface area contributed by atoms with E-state index < -0.39 is 12.1 Å². The number of benzene rings is 3. The number of carbonyl (C=O) groups excluding carboxylic acids is 2. The first-order valence-electron chi connectivity index (χ1n) is 13.9. The van der Waals surface area contributed by atoms with Gasteiger partial charge in [0.15, 0.2) is 0 Å². The molecule has 2 amide bonds. The van der Waals surface area contributed by atoms with Crippen molar-refractivity contribution in [1.82, 2.24) is 35.7 Å². The molecular formula is C32H29ClN8O3S. The number of nitrogens with one attached hydrogen (secondary N) is 2. The molecule has 2 N–H and O–H groups in total. The molecule has 0 saturated carbocycles. The van der Waals surface area contributed by atoms with Gasteiger partial charge in [0.25, 0.3) is 0 Å². The first kappa shape index (κ1) is 31.4. The zero-order chi connectivity index (χ0) is 31.6. The van der Waals surface area contributed by atoms with Gasteiger partial charge in [0.1, 0.15) is 11.4 Å². The minimum atomic E-state index is -0.548. The predicted molar refractivity (Wildman–Crippen MR) is 174 cm³/mol. The number of nitrogens with zero attached hydrogens (tertiary/aromatic N) is 6. The number of tetrazole rings is 1. The van der Waals surface area contributed by atoms with Crippen LogP contribution in [0.3, 0.4) is 0 Å². The molecule has 1 atom stereocenters. The molecule has 3 aromatic carbocycles. The smallest absolute Gasteiger partial charge is 0.411 e. The number of methoxy groups -OCH3 is 1. The Labute approximate surface area is 269 Å². The van der Waals surface area contributed by atoms with Crippen LogP contribution in [0.2, 0.25) is 5.02 Å². The predicted octanol–water partition coefficient (Wildman–Crippen LogP) is 6.18. The molecule has 0 radical (unpaired) electrons. The molecule has 11 nitrogen and oxygen atoms in total. The standard InChI is InChI=1S/C32H29ClN8O3S/c1-3-45-31-26(22-9-13-25(14-10-22)35-32(43)44-2)19-28(37-38-31)27(17-21-7-5-4-6-8-21)36-30(42)16-11-23-18-24(33)12-15-29(23)41-20-34-39-40-41/h4-16,18-20,27H,3,17H2,1-2H3,(H,35,43)(H,36,42)/b16-11+/t27-/m0/s1. The Hall–Kier alpha value is -5.07. The summed E-state index contributed by atoms with van der Waals surface area (Å²) in [6, 6.07) is 23.9. The Morgan fingerprint density at radius 1 is 1.04 bits per heavy atom. The number of halogens is 1. The summed E-state index contributed by atoms with van der Waals surface area (Å²) in [5.41, 5.74) is 5.31. The second kappa shape index (κ2) is 15.1. The van der Waals surface area contributed by atoms with E-state index >= 15 is 0 Å². The van der Waals surface area contributed by atoms with Gasteiger partial charge in [0.2, 0.25) is 5.91 Å². The minimum absolute atomic E-state index is 0.327. The Balaban J connectivity index is 1.45. The van der Waals surface area contributed by atoms with Crippen molar-refractivity contribution in [2.45, 2.75) is 24.4 Å². The summed E-state index contributed by atoms with van der Waals surface area (Å²) < 4.78 is 6.18. The number of amides is 2. The average molecular weight is 641 g/mol.